The van der Waals surface area contributed by atoms with Gasteiger partial charge in [0.05, 0.1) is 18.9 Å². The summed E-state index contributed by atoms with van der Waals surface area (Å²) < 4.78 is 7.13. The number of amides is 1. The van der Waals surface area contributed by atoms with Crippen molar-refractivity contribution in [2.24, 2.45) is 0 Å². The first-order chi connectivity index (χ1) is 13.1. The number of imidazole rings is 1. The zero-order valence-corrected chi connectivity index (χ0v) is 15.6. The summed E-state index contributed by atoms with van der Waals surface area (Å²) in [6, 6.07) is 7.57. The van der Waals surface area contributed by atoms with E-state index in [0.717, 1.165) is 30.8 Å². The lowest BCUT2D eigenvalue weighted by molar-refractivity contribution is -0.129. The van der Waals surface area contributed by atoms with Crippen LogP contribution in [0.5, 0.6) is 0 Å². The lowest BCUT2D eigenvalue weighted by Gasteiger charge is -2.38. The van der Waals surface area contributed by atoms with Crippen LogP contribution in [0.4, 0.5) is 5.69 Å². The summed E-state index contributed by atoms with van der Waals surface area (Å²) in [6.07, 6.45) is 6.55. The number of nitrogens with zero attached hydrogens (tertiary/aromatic N) is 2. The van der Waals surface area contributed by atoms with Crippen molar-refractivity contribution in [3.8, 4) is 5.69 Å². The maximum absolute atomic E-state index is 12.9. The Kier molecular flexibility index (Phi) is 5.13. The molecule has 0 bridgehead atoms. The second kappa shape index (κ2) is 7.70. The van der Waals surface area contributed by atoms with Crippen LogP contribution in [0.15, 0.2) is 35.3 Å². The van der Waals surface area contributed by atoms with Crippen LogP contribution >= 0.6 is 0 Å². The van der Waals surface area contributed by atoms with Gasteiger partial charge in [0.25, 0.3) is 0 Å². The number of aromatic amines is 1. The molecule has 0 radical (unpaired) electrons. The van der Waals surface area contributed by atoms with Gasteiger partial charge in [0.2, 0.25) is 5.91 Å². The molecule has 1 aliphatic heterocycles. The SMILES string of the molecule is Cc1cn(-c2cccc(NC(=O)C3COCCN3C3CCCC3)c2)c(=O)[nH]1. The maximum Gasteiger partial charge on any atom is 0.330 e. The molecule has 1 atom stereocenters. The molecule has 2 aromatic rings. The molecule has 1 unspecified atom stereocenters. The van der Waals surface area contributed by atoms with E-state index in [0.29, 0.717) is 24.9 Å². The quantitative estimate of drug-likeness (QED) is 0.863. The third-order valence-electron chi connectivity index (χ3n) is 5.50. The molecule has 1 aliphatic carbocycles. The van der Waals surface area contributed by atoms with Gasteiger partial charge in [0.1, 0.15) is 6.04 Å². The van der Waals surface area contributed by atoms with Crippen LogP contribution in [0.3, 0.4) is 0 Å². The van der Waals surface area contributed by atoms with E-state index in [-0.39, 0.29) is 17.6 Å². The molecule has 7 heteroatoms. The first-order valence-electron chi connectivity index (χ1n) is 9.65. The Balaban J connectivity index is 1.51. The summed E-state index contributed by atoms with van der Waals surface area (Å²) in [5.74, 6) is -0.0450. The standard InChI is InChI=1S/C20H26N4O3/c1-14-12-24(20(26)21-14)17-8-4-5-15(11-17)22-19(25)18-13-27-10-9-23(18)16-6-2-3-7-16/h4-5,8,11-12,16,18H,2-3,6-7,9-10,13H2,1H3,(H,21,26)(H,22,25). The van der Waals surface area contributed by atoms with Crippen molar-refractivity contribution in [3.63, 3.8) is 0 Å². The van der Waals surface area contributed by atoms with Gasteiger partial charge in [-0.25, -0.2) is 4.79 Å². The zero-order valence-electron chi connectivity index (χ0n) is 15.6. The smallest absolute Gasteiger partial charge is 0.330 e. The molecule has 2 N–H and O–H groups in total. The summed E-state index contributed by atoms with van der Waals surface area (Å²) in [5, 5.41) is 3.02. The van der Waals surface area contributed by atoms with E-state index in [2.05, 4.69) is 15.2 Å². The third kappa shape index (κ3) is 3.84. The van der Waals surface area contributed by atoms with Crippen molar-refractivity contribution in [2.45, 2.75) is 44.7 Å². The highest BCUT2D eigenvalue weighted by molar-refractivity contribution is 5.95. The van der Waals surface area contributed by atoms with Gasteiger partial charge in [0, 0.05) is 30.2 Å². The molecule has 7 nitrogen and oxygen atoms in total. The van der Waals surface area contributed by atoms with Gasteiger partial charge in [-0.3, -0.25) is 14.3 Å². The molecule has 2 fully saturated rings. The lowest BCUT2D eigenvalue weighted by Crippen LogP contribution is -2.55. The Hall–Kier alpha value is -2.38. The first kappa shape index (κ1) is 18.0. The minimum Gasteiger partial charge on any atom is -0.378 e. The van der Waals surface area contributed by atoms with Crippen molar-refractivity contribution in [1.82, 2.24) is 14.5 Å². The van der Waals surface area contributed by atoms with E-state index in [9.17, 15) is 9.59 Å². The van der Waals surface area contributed by atoms with Gasteiger partial charge < -0.3 is 15.0 Å². The van der Waals surface area contributed by atoms with E-state index < -0.39 is 0 Å². The van der Waals surface area contributed by atoms with E-state index in [1.807, 2.05) is 31.2 Å². The minimum atomic E-state index is -0.261. The van der Waals surface area contributed by atoms with Crippen LogP contribution in [0.2, 0.25) is 0 Å². The van der Waals surface area contributed by atoms with Gasteiger partial charge in [-0.15, -0.1) is 0 Å². The summed E-state index contributed by atoms with van der Waals surface area (Å²) in [6.45, 7) is 3.76. The fourth-order valence-electron chi connectivity index (χ4n) is 4.18. The minimum absolute atomic E-state index is 0.0450. The van der Waals surface area contributed by atoms with E-state index in [1.54, 1.807) is 10.8 Å². The highest BCUT2D eigenvalue weighted by atomic mass is 16.5. The van der Waals surface area contributed by atoms with Crippen molar-refractivity contribution >= 4 is 11.6 Å². The summed E-state index contributed by atoms with van der Waals surface area (Å²) in [7, 11) is 0. The number of hydrogen-bond donors (Lipinski definition) is 2. The number of ether oxygens (including phenoxy) is 1. The van der Waals surface area contributed by atoms with Crippen LogP contribution in [0.25, 0.3) is 5.69 Å². The molecule has 4 rings (SSSR count). The predicted molar refractivity (Wildman–Crippen MR) is 103 cm³/mol. The van der Waals surface area contributed by atoms with E-state index in [4.69, 9.17) is 4.74 Å². The average Bonchev–Trinajstić information content (AvgIpc) is 3.31. The van der Waals surface area contributed by atoms with Crippen molar-refractivity contribution in [1.29, 1.82) is 0 Å². The molecule has 0 spiro atoms. The Morgan fingerprint density at radius 3 is 2.85 bits per heavy atom. The van der Waals surface area contributed by atoms with Gasteiger partial charge in [-0.2, -0.15) is 0 Å². The molecule has 1 aromatic heterocycles. The number of aryl methyl sites for hydroxylation is 1. The normalized spacial score (nSPS) is 21.4. The molecule has 2 aliphatic rings. The lowest BCUT2D eigenvalue weighted by atomic mass is 10.1. The van der Waals surface area contributed by atoms with Crippen molar-refractivity contribution < 1.29 is 9.53 Å². The fraction of sp³-hybridized carbons (Fsp3) is 0.500. The highest BCUT2D eigenvalue weighted by Crippen LogP contribution is 2.27. The van der Waals surface area contributed by atoms with Crippen LogP contribution in [0.1, 0.15) is 31.4 Å². The van der Waals surface area contributed by atoms with Crippen LogP contribution in [-0.2, 0) is 9.53 Å². The predicted octanol–water partition coefficient (Wildman–Crippen LogP) is 2.06. The number of carbonyl (C=O) groups is 1. The van der Waals surface area contributed by atoms with Gasteiger partial charge in [-0.1, -0.05) is 18.9 Å². The number of carbonyl (C=O) groups excluding carboxylic acids is 1. The van der Waals surface area contributed by atoms with Crippen LogP contribution < -0.4 is 11.0 Å². The molecule has 1 saturated carbocycles. The third-order valence-corrected chi connectivity index (χ3v) is 5.50. The average molecular weight is 370 g/mol. The molecular formula is C20H26N4O3. The molecule has 1 aromatic carbocycles. The summed E-state index contributed by atoms with van der Waals surface area (Å²) >= 11 is 0. The molecule has 1 saturated heterocycles. The molecular weight excluding hydrogens is 344 g/mol. The van der Waals surface area contributed by atoms with Gasteiger partial charge in [0.15, 0.2) is 0 Å². The van der Waals surface area contributed by atoms with Crippen LogP contribution in [-0.4, -0.2) is 52.2 Å². The molecule has 1 amide bonds. The molecule has 27 heavy (non-hydrogen) atoms. The monoisotopic (exact) mass is 370 g/mol. The Morgan fingerprint density at radius 1 is 1.30 bits per heavy atom. The highest BCUT2D eigenvalue weighted by Gasteiger charge is 2.35. The fourth-order valence-corrected chi connectivity index (χ4v) is 4.18. The van der Waals surface area contributed by atoms with Crippen molar-refractivity contribution in [3.05, 3.63) is 46.6 Å². The number of H-pyrrole nitrogens is 1. The topological polar surface area (TPSA) is 79.4 Å². The molecule has 144 valence electrons. The largest absolute Gasteiger partial charge is 0.378 e. The van der Waals surface area contributed by atoms with E-state index in [1.165, 1.54) is 12.8 Å². The van der Waals surface area contributed by atoms with Gasteiger partial charge in [-0.05, 0) is 38.0 Å². The number of benzene rings is 1. The van der Waals surface area contributed by atoms with Gasteiger partial charge >= 0.3 is 5.69 Å². The number of hydrogen-bond acceptors (Lipinski definition) is 4. The number of nitrogens with one attached hydrogen (secondary N) is 2. The van der Waals surface area contributed by atoms with Crippen LogP contribution in [0, 0.1) is 6.92 Å². The Bertz CT molecular complexity index is 866. The number of morpholine rings is 1. The first-order valence-corrected chi connectivity index (χ1v) is 9.65. The maximum atomic E-state index is 12.9. The number of rotatable bonds is 4. The number of anilines is 1. The zero-order chi connectivity index (χ0) is 18.8. The second-order valence-electron chi connectivity index (χ2n) is 7.42. The van der Waals surface area contributed by atoms with E-state index >= 15 is 0 Å². The Morgan fingerprint density at radius 2 is 2.11 bits per heavy atom. The number of aromatic nitrogens is 2. The summed E-state index contributed by atoms with van der Waals surface area (Å²) in [4.78, 5) is 30.0. The van der Waals surface area contributed by atoms with Crippen molar-refractivity contribution in [2.75, 3.05) is 25.1 Å². The Labute approximate surface area is 158 Å². The molecule has 2 heterocycles. The summed E-state index contributed by atoms with van der Waals surface area (Å²) in [5.41, 5.74) is 2.00. The second-order valence-corrected chi connectivity index (χ2v) is 7.42.